The average Bonchev–Trinajstić information content (AvgIpc) is 2.43. The highest BCUT2D eigenvalue weighted by atomic mass is 19.2. The molecular weight excluding hydrogens is 271 g/mol. The Kier molecular flexibility index (Phi) is 4.32. The minimum atomic E-state index is -1.60. The van der Waals surface area contributed by atoms with E-state index in [-0.39, 0.29) is 11.6 Å². The zero-order valence-corrected chi connectivity index (χ0v) is 11.1. The van der Waals surface area contributed by atoms with E-state index in [0.717, 1.165) is 12.8 Å². The minimum absolute atomic E-state index is 0.262. The van der Waals surface area contributed by atoms with E-state index in [4.69, 9.17) is 0 Å². The molecule has 0 bridgehead atoms. The van der Waals surface area contributed by atoms with Crippen LogP contribution >= 0.6 is 0 Å². The zero-order chi connectivity index (χ0) is 14.9. The summed E-state index contributed by atoms with van der Waals surface area (Å²) in [6, 6.07) is 0.964. The number of likely N-dealkylation sites (N-methyl/N-ethyl adjacent to an activating group) is 1. The van der Waals surface area contributed by atoms with Gasteiger partial charge in [0.25, 0.3) is 5.91 Å². The summed E-state index contributed by atoms with van der Waals surface area (Å²) in [6.45, 7) is 0. The Hall–Kier alpha value is -1.56. The molecule has 1 amide bonds. The Morgan fingerprint density at radius 2 is 1.75 bits per heavy atom. The predicted molar refractivity (Wildman–Crippen MR) is 66.7 cm³/mol. The summed E-state index contributed by atoms with van der Waals surface area (Å²) in [7, 11) is 1.47. The maximum Gasteiger partial charge on any atom is 0.254 e. The van der Waals surface area contributed by atoms with Crippen LogP contribution < -0.4 is 0 Å². The van der Waals surface area contributed by atoms with E-state index in [1.807, 2.05) is 0 Å². The number of rotatable bonds is 2. The molecule has 1 N–H and O–H groups in total. The lowest BCUT2D eigenvalue weighted by Crippen LogP contribution is -2.46. The molecule has 1 saturated carbocycles. The standard InChI is InChI=1S/C14H16F3NO2/c1-18(11-4-2-3-5-12(11)19)14(20)8-6-9(15)13(17)10(16)7-8/h6-7,11-12,19H,2-5H2,1H3. The van der Waals surface area contributed by atoms with Crippen LogP contribution in [0.2, 0.25) is 0 Å². The van der Waals surface area contributed by atoms with Gasteiger partial charge in [0.2, 0.25) is 0 Å². The summed E-state index contributed by atoms with van der Waals surface area (Å²) < 4.78 is 39.2. The van der Waals surface area contributed by atoms with Crippen molar-refractivity contribution in [3.63, 3.8) is 0 Å². The molecule has 0 radical (unpaired) electrons. The zero-order valence-electron chi connectivity index (χ0n) is 11.1. The summed E-state index contributed by atoms with van der Waals surface area (Å²) in [4.78, 5) is 13.4. The third-order valence-corrected chi connectivity index (χ3v) is 3.74. The number of halogens is 3. The van der Waals surface area contributed by atoms with Crippen LogP contribution in [0, 0.1) is 17.5 Å². The highest BCUT2D eigenvalue weighted by molar-refractivity contribution is 5.94. The summed E-state index contributed by atoms with van der Waals surface area (Å²) in [5, 5.41) is 9.89. The van der Waals surface area contributed by atoms with Crippen LogP contribution in [0.4, 0.5) is 13.2 Å². The van der Waals surface area contributed by atoms with Gasteiger partial charge in [-0.3, -0.25) is 4.79 Å². The van der Waals surface area contributed by atoms with Gasteiger partial charge < -0.3 is 10.0 Å². The third-order valence-electron chi connectivity index (χ3n) is 3.74. The van der Waals surface area contributed by atoms with Crippen LogP contribution in [0.1, 0.15) is 36.0 Å². The van der Waals surface area contributed by atoms with Crippen molar-refractivity contribution < 1.29 is 23.1 Å². The smallest absolute Gasteiger partial charge is 0.254 e. The molecule has 0 aliphatic heterocycles. The Morgan fingerprint density at radius 3 is 2.30 bits per heavy atom. The number of aliphatic hydroxyl groups excluding tert-OH is 1. The molecule has 1 aliphatic rings. The average molecular weight is 287 g/mol. The summed E-state index contributed by atoms with van der Waals surface area (Å²) >= 11 is 0. The molecule has 6 heteroatoms. The number of hydrogen-bond donors (Lipinski definition) is 1. The molecule has 0 heterocycles. The first-order chi connectivity index (χ1) is 9.41. The van der Waals surface area contributed by atoms with Crippen LogP contribution in [-0.2, 0) is 0 Å². The van der Waals surface area contributed by atoms with Crippen LogP contribution in [0.25, 0.3) is 0 Å². The number of aliphatic hydroxyl groups is 1. The molecule has 3 nitrogen and oxygen atoms in total. The number of nitrogens with zero attached hydrogens (tertiary/aromatic N) is 1. The van der Waals surface area contributed by atoms with Gasteiger partial charge in [-0.1, -0.05) is 12.8 Å². The molecule has 0 aromatic heterocycles. The summed E-state index contributed by atoms with van der Waals surface area (Å²) in [5.74, 6) is -5.02. The van der Waals surface area contributed by atoms with E-state index in [1.54, 1.807) is 0 Å². The first kappa shape index (κ1) is 14.8. The number of carbonyl (C=O) groups excluding carboxylic acids is 1. The van der Waals surface area contributed by atoms with Crippen molar-refractivity contribution in [1.29, 1.82) is 0 Å². The van der Waals surface area contributed by atoms with Crippen molar-refractivity contribution in [3.05, 3.63) is 35.1 Å². The largest absolute Gasteiger partial charge is 0.391 e. The highest BCUT2D eigenvalue weighted by Gasteiger charge is 2.30. The first-order valence-electron chi connectivity index (χ1n) is 6.51. The van der Waals surface area contributed by atoms with Gasteiger partial charge in [0.05, 0.1) is 12.1 Å². The van der Waals surface area contributed by atoms with Crippen LogP contribution in [0.5, 0.6) is 0 Å². The molecule has 0 spiro atoms. The van der Waals surface area contributed by atoms with Crippen molar-refractivity contribution in [2.24, 2.45) is 0 Å². The van der Waals surface area contributed by atoms with Crippen molar-refractivity contribution in [3.8, 4) is 0 Å². The second-order valence-electron chi connectivity index (χ2n) is 5.09. The number of amides is 1. The van der Waals surface area contributed by atoms with Crippen LogP contribution in [-0.4, -0.2) is 35.1 Å². The van der Waals surface area contributed by atoms with Crippen molar-refractivity contribution in [1.82, 2.24) is 4.90 Å². The molecule has 2 unspecified atom stereocenters. The van der Waals surface area contributed by atoms with Gasteiger partial charge >= 0.3 is 0 Å². The van der Waals surface area contributed by atoms with Gasteiger partial charge in [0, 0.05) is 12.6 Å². The van der Waals surface area contributed by atoms with Gasteiger partial charge in [-0.25, -0.2) is 13.2 Å². The maximum absolute atomic E-state index is 13.1. The fraction of sp³-hybridized carbons (Fsp3) is 0.500. The first-order valence-corrected chi connectivity index (χ1v) is 6.51. The van der Waals surface area contributed by atoms with Crippen LogP contribution in [0.3, 0.4) is 0 Å². The lowest BCUT2D eigenvalue weighted by molar-refractivity contribution is 0.0267. The molecule has 20 heavy (non-hydrogen) atoms. The van der Waals surface area contributed by atoms with Gasteiger partial charge in [-0.2, -0.15) is 0 Å². The number of carbonyl (C=O) groups is 1. The summed E-state index contributed by atoms with van der Waals surface area (Å²) in [5.41, 5.74) is -0.262. The predicted octanol–water partition coefficient (Wildman–Crippen LogP) is 2.48. The van der Waals surface area contributed by atoms with E-state index in [1.165, 1.54) is 11.9 Å². The molecule has 2 rings (SSSR count). The minimum Gasteiger partial charge on any atom is -0.391 e. The van der Waals surface area contributed by atoms with E-state index < -0.39 is 29.5 Å². The molecule has 1 aromatic carbocycles. The molecular formula is C14H16F3NO2. The van der Waals surface area contributed by atoms with Gasteiger partial charge in [0.15, 0.2) is 17.5 Å². The van der Waals surface area contributed by atoms with Crippen molar-refractivity contribution in [2.45, 2.75) is 37.8 Å². The quantitative estimate of drug-likeness (QED) is 0.849. The van der Waals surface area contributed by atoms with Gasteiger partial charge in [-0.15, -0.1) is 0 Å². The van der Waals surface area contributed by atoms with E-state index in [9.17, 15) is 23.1 Å². The van der Waals surface area contributed by atoms with Crippen molar-refractivity contribution >= 4 is 5.91 Å². The van der Waals surface area contributed by atoms with Crippen LogP contribution in [0.15, 0.2) is 12.1 Å². The Labute approximate surface area is 115 Å². The molecule has 1 fully saturated rings. The van der Waals surface area contributed by atoms with Crippen molar-refractivity contribution in [2.75, 3.05) is 7.05 Å². The van der Waals surface area contributed by atoms with Gasteiger partial charge in [0.1, 0.15) is 0 Å². The number of hydrogen-bond acceptors (Lipinski definition) is 2. The molecule has 110 valence electrons. The monoisotopic (exact) mass is 287 g/mol. The highest BCUT2D eigenvalue weighted by Crippen LogP contribution is 2.24. The van der Waals surface area contributed by atoms with E-state index in [2.05, 4.69) is 0 Å². The topological polar surface area (TPSA) is 40.5 Å². The Balaban J connectivity index is 2.22. The SMILES string of the molecule is CN(C(=O)c1cc(F)c(F)c(F)c1)C1CCCCC1O. The Bertz CT molecular complexity index is 498. The maximum atomic E-state index is 13.1. The molecule has 1 aliphatic carbocycles. The second-order valence-corrected chi connectivity index (χ2v) is 5.09. The van der Waals surface area contributed by atoms with Gasteiger partial charge in [-0.05, 0) is 25.0 Å². The number of benzene rings is 1. The third kappa shape index (κ3) is 2.80. The van der Waals surface area contributed by atoms with E-state index in [0.29, 0.717) is 25.0 Å². The molecule has 0 saturated heterocycles. The normalized spacial score (nSPS) is 22.6. The molecule has 1 aromatic rings. The van der Waals surface area contributed by atoms with E-state index >= 15 is 0 Å². The lowest BCUT2D eigenvalue weighted by Gasteiger charge is -2.35. The Morgan fingerprint density at radius 1 is 1.20 bits per heavy atom. The fourth-order valence-electron chi connectivity index (χ4n) is 2.58. The fourth-order valence-corrected chi connectivity index (χ4v) is 2.58. The summed E-state index contributed by atoms with van der Waals surface area (Å²) in [6.07, 6.45) is 2.35. The second kappa shape index (κ2) is 5.83. The lowest BCUT2D eigenvalue weighted by atomic mass is 9.91. The molecule has 2 atom stereocenters.